The third-order valence-electron chi connectivity index (χ3n) is 2.03. The second-order valence-electron chi connectivity index (χ2n) is 3.31. The molecule has 1 amide bonds. The fraction of sp³-hybridized carbons (Fsp3) is 0.167. The van der Waals surface area contributed by atoms with Crippen LogP contribution in [0.2, 0.25) is 0 Å². The van der Waals surface area contributed by atoms with Crippen LogP contribution < -0.4 is 5.32 Å². The molecule has 2 N–H and O–H groups in total. The van der Waals surface area contributed by atoms with Gasteiger partial charge >= 0.3 is 0 Å². The predicted octanol–water partition coefficient (Wildman–Crippen LogP) is 2.99. The molecule has 6 heteroatoms. The Balaban J connectivity index is 2.90. The number of aliphatic hydroxyl groups is 1. The third-order valence-corrected chi connectivity index (χ3v) is 3.40. The van der Waals surface area contributed by atoms with Gasteiger partial charge in [-0.3, -0.25) is 4.79 Å². The molecule has 0 spiro atoms. The number of allylic oxidation sites excluding steroid dienone is 4. The van der Waals surface area contributed by atoms with Crippen molar-refractivity contribution in [2.45, 2.75) is 13.5 Å². The number of aliphatic hydroxyl groups excluding tert-OH is 1. The summed E-state index contributed by atoms with van der Waals surface area (Å²) in [6.45, 7) is 5.64. The molecule has 96 valence electrons. The first-order valence-electron chi connectivity index (χ1n) is 5.12. The van der Waals surface area contributed by atoms with Crippen LogP contribution in [0.5, 0.6) is 0 Å². The van der Waals surface area contributed by atoms with Crippen molar-refractivity contribution in [3.05, 3.63) is 45.6 Å². The largest absolute Gasteiger partial charge is 0.507 e. The minimum Gasteiger partial charge on any atom is -0.507 e. The number of thiazole rings is 1. The van der Waals surface area contributed by atoms with Gasteiger partial charge in [-0.15, -0.1) is 11.3 Å². The fourth-order valence-electron chi connectivity index (χ4n) is 1.15. The Kier molecular flexibility index (Phi) is 5.61. The van der Waals surface area contributed by atoms with Crippen molar-refractivity contribution in [1.82, 2.24) is 10.3 Å². The SMILES string of the molecule is C=C(O)/C(Cl)=C\C(=C/C)c1ncc(CNC=O)s1. The molecule has 0 radical (unpaired) electrons. The van der Waals surface area contributed by atoms with Crippen LogP contribution in [0.15, 0.2) is 35.7 Å². The van der Waals surface area contributed by atoms with Gasteiger partial charge in [0.2, 0.25) is 6.41 Å². The standard InChI is InChI=1S/C12H13ClN2O2S/c1-3-9(4-11(13)8(2)17)12-15-6-10(18-12)5-14-7-16/h3-4,6-7,17H,2,5H2,1H3,(H,14,16)/b9-3+,11-4+. The summed E-state index contributed by atoms with van der Waals surface area (Å²) < 4.78 is 0. The Bertz CT molecular complexity index is 506. The molecule has 0 saturated heterocycles. The summed E-state index contributed by atoms with van der Waals surface area (Å²) in [7, 11) is 0. The number of rotatable bonds is 6. The second kappa shape index (κ2) is 6.98. The molecule has 1 aromatic rings. The lowest BCUT2D eigenvalue weighted by Gasteiger charge is -1.99. The number of carbonyl (C=O) groups excluding carboxylic acids is 1. The smallest absolute Gasteiger partial charge is 0.207 e. The minimum atomic E-state index is -0.185. The summed E-state index contributed by atoms with van der Waals surface area (Å²) in [6, 6.07) is 0. The molecule has 0 fully saturated rings. The molecule has 18 heavy (non-hydrogen) atoms. The van der Waals surface area contributed by atoms with E-state index in [2.05, 4.69) is 16.9 Å². The van der Waals surface area contributed by atoms with Crippen molar-refractivity contribution in [2.24, 2.45) is 0 Å². The molecular weight excluding hydrogens is 272 g/mol. The van der Waals surface area contributed by atoms with Gasteiger partial charge in [-0.1, -0.05) is 24.3 Å². The summed E-state index contributed by atoms with van der Waals surface area (Å²) in [5.74, 6) is -0.185. The Morgan fingerprint density at radius 1 is 1.72 bits per heavy atom. The monoisotopic (exact) mass is 284 g/mol. The van der Waals surface area contributed by atoms with Crippen LogP contribution in [-0.2, 0) is 11.3 Å². The van der Waals surface area contributed by atoms with Crippen molar-refractivity contribution < 1.29 is 9.90 Å². The average Bonchev–Trinajstić information content (AvgIpc) is 2.81. The maximum atomic E-state index is 10.2. The Labute approximate surface area is 114 Å². The third kappa shape index (κ3) is 4.01. The number of nitrogens with zero attached hydrogens (tertiary/aromatic N) is 1. The van der Waals surface area contributed by atoms with Gasteiger partial charge in [0.15, 0.2) is 0 Å². The van der Waals surface area contributed by atoms with E-state index in [1.165, 1.54) is 11.3 Å². The number of amides is 1. The van der Waals surface area contributed by atoms with E-state index in [1.807, 2.05) is 13.0 Å². The van der Waals surface area contributed by atoms with Crippen molar-refractivity contribution in [3.8, 4) is 0 Å². The zero-order chi connectivity index (χ0) is 13.5. The van der Waals surface area contributed by atoms with Gasteiger partial charge in [-0.05, 0) is 13.0 Å². The van der Waals surface area contributed by atoms with Gasteiger partial charge in [-0.25, -0.2) is 4.98 Å². The molecule has 1 rings (SSSR count). The Morgan fingerprint density at radius 2 is 2.44 bits per heavy atom. The van der Waals surface area contributed by atoms with Crippen LogP contribution in [0.4, 0.5) is 0 Å². The molecule has 0 aromatic carbocycles. The lowest BCUT2D eigenvalue weighted by Crippen LogP contribution is -2.07. The molecule has 1 aromatic heterocycles. The Morgan fingerprint density at radius 3 is 3.00 bits per heavy atom. The highest BCUT2D eigenvalue weighted by Crippen LogP contribution is 2.25. The van der Waals surface area contributed by atoms with E-state index in [1.54, 1.807) is 12.3 Å². The van der Waals surface area contributed by atoms with Gasteiger partial charge in [-0.2, -0.15) is 0 Å². The maximum absolute atomic E-state index is 10.2. The lowest BCUT2D eigenvalue weighted by molar-refractivity contribution is -0.109. The molecule has 0 aliphatic rings. The van der Waals surface area contributed by atoms with Crippen LogP contribution in [0.25, 0.3) is 5.57 Å². The molecule has 0 saturated carbocycles. The number of aromatic nitrogens is 1. The molecule has 0 unspecified atom stereocenters. The first-order chi connectivity index (χ1) is 8.58. The summed E-state index contributed by atoms with van der Waals surface area (Å²) in [4.78, 5) is 15.4. The molecule has 1 heterocycles. The van der Waals surface area contributed by atoms with E-state index in [4.69, 9.17) is 16.7 Å². The van der Waals surface area contributed by atoms with E-state index in [0.29, 0.717) is 13.0 Å². The number of hydrogen-bond donors (Lipinski definition) is 2. The van der Waals surface area contributed by atoms with Crippen LogP contribution in [0.1, 0.15) is 16.8 Å². The molecule has 4 nitrogen and oxygen atoms in total. The zero-order valence-corrected chi connectivity index (χ0v) is 11.4. The first-order valence-corrected chi connectivity index (χ1v) is 6.31. The van der Waals surface area contributed by atoms with Crippen LogP contribution in [0, 0.1) is 0 Å². The lowest BCUT2D eigenvalue weighted by atomic mass is 10.2. The summed E-state index contributed by atoms with van der Waals surface area (Å²) >= 11 is 7.26. The molecule has 0 aliphatic heterocycles. The van der Waals surface area contributed by atoms with E-state index in [9.17, 15) is 4.79 Å². The van der Waals surface area contributed by atoms with Crippen LogP contribution in [0.3, 0.4) is 0 Å². The second-order valence-corrected chi connectivity index (χ2v) is 4.84. The van der Waals surface area contributed by atoms with Gasteiger partial charge in [0, 0.05) is 16.6 Å². The van der Waals surface area contributed by atoms with Gasteiger partial charge in [0.1, 0.15) is 10.8 Å². The Hall–Kier alpha value is -1.59. The minimum absolute atomic E-state index is 0.172. The summed E-state index contributed by atoms with van der Waals surface area (Å²) in [6.07, 6.45) is 5.76. The van der Waals surface area contributed by atoms with E-state index >= 15 is 0 Å². The van der Waals surface area contributed by atoms with Crippen molar-refractivity contribution in [2.75, 3.05) is 0 Å². The fourth-order valence-corrected chi connectivity index (χ4v) is 2.18. The van der Waals surface area contributed by atoms with E-state index in [-0.39, 0.29) is 10.8 Å². The summed E-state index contributed by atoms with van der Waals surface area (Å²) in [5, 5.41) is 12.7. The van der Waals surface area contributed by atoms with E-state index in [0.717, 1.165) is 15.5 Å². The predicted molar refractivity (Wildman–Crippen MR) is 74.4 cm³/mol. The van der Waals surface area contributed by atoms with Crippen molar-refractivity contribution >= 4 is 34.9 Å². The maximum Gasteiger partial charge on any atom is 0.207 e. The zero-order valence-electron chi connectivity index (χ0n) is 9.81. The highest BCUT2D eigenvalue weighted by molar-refractivity contribution is 7.12. The van der Waals surface area contributed by atoms with Crippen molar-refractivity contribution in [1.29, 1.82) is 0 Å². The first kappa shape index (κ1) is 14.5. The molecule has 0 aliphatic carbocycles. The van der Waals surface area contributed by atoms with Gasteiger partial charge in [0.25, 0.3) is 0 Å². The number of carbonyl (C=O) groups is 1. The average molecular weight is 285 g/mol. The van der Waals surface area contributed by atoms with Crippen LogP contribution in [-0.4, -0.2) is 16.5 Å². The molecule has 0 bridgehead atoms. The van der Waals surface area contributed by atoms with Crippen LogP contribution >= 0.6 is 22.9 Å². The quantitative estimate of drug-likeness (QED) is 0.479. The highest BCUT2D eigenvalue weighted by Gasteiger charge is 2.06. The summed E-state index contributed by atoms with van der Waals surface area (Å²) in [5.41, 5.74) is 0.789. The number of nitrogens with one attached hydrogen (secondary N) is 1. The normalized spacial score (nSPS) is 12.3. The number of halogens is 1. The van der Waals surface area contributed by atoms with Crippen molar-refractivity contribution in [3.63, 3.8) is 0 Å². The number of hydrogen-bond acceptors (Lipinski definition) is 4. The molecular formula is C12H13ClN2O2S. The topological polar surface area (TPSA) is 62.2 Å². The van der Waals surface area contributed by atoms with E-state index < -0.39 is 0 Å². The highest BCUT2D eigenvalue weighted by atomic mass is 35.5. The van der Waals surface area contributed by atoms with Gasteiger partial charge < -0.3 is 10.4 Å². The van der Waals surface area contributed by atoms with Gasteiger partial charge in [0.05, 0.1) is 11.6 Å². The molecule has 0 atom stereocenters.